The van der Waals surface area contributed by atoms with E-state index >= 15 is 0 Å². The lowest BCUT2D eigenvalue weighted by Crippen LogP contribution is -2.35. The molecule has 19 heavy (non-hydrogen) atoms. The highest BCUT2D eigenvalue weighted by atomic mass is 79.9. The summed E-state index contributed by atoms with van der Waals surface area (Å²) in [4.78, 5) is 13.3. The monoisotopic (exact) mass is 329 g/mol. The van der Waals surface area contributed by atoms with Gasteiger partial charge >= 0.3 is 5.97 Å². The number of hydrogen-bond donors (Lipinski definition) is 1. The quantitative estimate of drug-likeness (QED) is 0.923. The summed E-state index contributed by atoms with van der Waals surface area (Å²) in [6.07, 6.45) is 0.666. The van der Waals surface area contributed by atoms with E-state index in [4.69, 9.17) is 5.11 Å². The second-order valence-electron chi connectivity index (χ2n) is 5.05. The Hall–Kier alpha value is -0.940. The highest BCUT2D eigenvalue weighted by Crippen LogP contribution is 2.35. The maximum atomic E-state index is 13.1. The lowest BCUT2D eigenvalue weighted by molar-refractivity contribution is -0.142. The highest BCUT2D eigenvalue weighted by Gasteiger charge is 2.38. The molecule has 0 spiro atoms. The van der Waals surface area contributed by atoms with Gasteiger partial charge in [0.25, 0.3) is 0 Å². The molecule has 104 valence electrons. The molecule has 1 aromatic rings. The zero-order valence-electron chi connectivity index (χ0n) is 10.9. The molecule has 2 rings (SSSR count). The Kier molecular flexibility index (Phi) is 4.26. The zero-order chi connectivity index (χ0) is 14.2. The number of hydrogen-bond acceptors (Lipinski definition) is 2. The number of halogens is 2. The van der Waals surface area contributed by atoms with E-state index in [9.17, 15) is 9.18 Å². The minimum Gasteiger partial charge on any atom is -0.481 e. The molecule has 0 radical (unpaired) electrons. The van der Waals surface area contributed by atoms with Crippen molar-refractivity contribution in [3.05, 3.63) is 34.1 Å². The summed E-state index contributed by atoms with van der Waals surface area (Å²) in [5.41, 5.74) is 0.985. The van der Waals surface area contributed by atoms with Gasteiger partial charge < -0.3 is 5.11 Å². The number of nitrogens with zero attached hydrogens (tertiary/aromatic N) is 1. The van der Waals surface area contributed by atoms with Crippen LogP contribution in [0.5, 0.6) is 0 Å². The van der Waals surface area contributed by atoms with Crippen LogP contribution in [0.15, 0.2) is 22.7 Å². The van der Waals surface area contributed by atoms with Gasteiger partial charge in [-0.05, 0) is 44.5 Å². The summed E-state index contributed by atoms with van der Waals surface area (Å²) < 4.78 is 13.8. The first-order valence-electron chi connectivity index (χ1n) is 6.35. The predicted octanol–water partition coefficient (Wildman–Crippen LogP) is 3.44. The van der Waals surface area contributed by atoms with Crippen molar-refractivity contribution in [1.82, 2.24) is 4.90 Å². The first-order valence-corrected chi connectivity index (χ1v) is 7.14. The van der Waals surface area contributed by atoms with Gasteiger partial charge in [-0.2, -0.15) is 0 Å². The van der Waals surface area contributed by atoms with Crippen LogP contribution < -0.4 is 0 Å². The van der Waals surface area contributed by atoms with Crippen LogP contribution in [-0.4, -0.2) is 28.6 Å². The van der Waals surface area contributed by atoms with Gasteiger partial charge in [0, 0.05) is 16.6 Å². The number of rotatable bonds is 3. The smallest absolute Gasteiger partial charge is 0.308 e. The van der Waals surface area contributed by atoms with Crippen molar-refractivity contribution in [2.45, 2.75) is 32.4 Å². The molecular weight excluding hydrogens is 313 g/mol. The first-order chi connectivity index (χ1) is 8.91. The Labute approximate surface area is 120 Å². The SMILES string of the molecule is CC(c1ccc(F)cc1Br)N1CCC(C(=O)O)C1C. The van der Waals surface area contributed by atoms with Gasteiger partial charge in [-0.1, -0.05) is 22.0 Å². The zero-order valence-corrected chi connectivity index (χ0v) is 12.5. The summed E-state index contributed by atoms with van der Waals surface area (Å²) in [6.45, 7) is 4.72. The summed E-state index contributed by atoms with van der Waals surface area (Å²) >= 11 is 3.38. The van der Waals surface area contributed by atoms with E-state index in [0.29, 0.717) is 6.42 Å². The van der Waals surface area contributed by atoms with Crippen molar-refractivity contribution in [3.63, 3.8) is 0 Å². The topological polar surface area (TPSA) is 40.5 Å². The van der Waals surface area contributed by atoms with Crippen molar-refractivity contribution in [2.75, 3.05) is 6.54 Å². The normalized spacial score (nSPS) is 25.5. The van der Waals surface area contributed by atoms with Crippen molar-refractivity contribution in [2.24, 2.45) is 5.92 Å². The molecule has 1 aromatic carbocycles. The second-order valence-corrected chi connectivity index (χ2v) is 5.91. The van der Waals surface area contributed by atoms with E-state index in [1.165, 1.54) is 12.1 Å². The van der Waals surface area contributed by atoms with E-state index in [2.05, 4.69) is 20.8 Å². The summed E-state index contributed by atoms with van der Waals surface area (Å²) in [7, 11) is 0. The lowest BCUT2D eigenvalue weighted by atomic mass is 10.0. The maximum absolute atomic E-state index is 13.1. The van der Waals surface area contributed by atoms with Gasteiger partial charge in [0.1, 0.15) is 5.82 Å². The fraction of sp³-hybridized carbons (Fsp3) is 0.500. The van der Waals surface area contributed by atoms with Crippen molar-refractivity contribution >= 4 is 21.9 Å². The molecule has 0 amide bonds. The van der Waals surface area contributed by atoms with E-state index in [0.717, 1.165) is 16.6 Å². The number of carboxylic acid groups (broad SMARTS) is 1. The number of aliphatic carboxylic acids is 1. The minimum atomic E-state index is -0.736. The molecular formula is C14H17BrFNO2. The Bertz CT molecular complexity index is 494. The molecule has 0 bridgehead atoms. The van der Waals surface area contributed by atoms with Crippen LogP contribution in [0.1, 0.15) is 31.9 Å². The molecule has 1 heterocycles. The fourth-order valence-electron chi connectivity index (χ4n) is 2.86. The molecule has 5 heteroatoms. The number of likely N-dealkylation sites (tertiary alicyclic amines) is 1. The molecule has 0 aliphatic carbocycles. The van der Waals surface area contributed by atoms with Crippen LogP contribution in [0, 0.1) is 11.7 Å². The molecule has 3 unspecified atom stereocenters. The van der Waals surface area contributed by atoms with E-state index in [1.54, 1.807) is 6.07 Å². The van der Waals surface area contributed by atoms with E-state index in [1.807, 2.05) is 13.8 Å². The largest absolute Gasteiger partial charge is 0.481 e. The van der Waals surface area contributed by atoms with E-state index in [-0.39, 0.29) is 23.8 Å². The van der Waals surface area contributed by atoms with Gasteiger partial charge in [-0.3, -0.25) is 9.69 Å². The molecule has 1 aliphatic rings. The van der Waals surface area contributed by atoms with Crippen molar-refractivity contribution < 1.29 is 14.3 Å². The van der Waals surface area contributed by atoms with Crippen LogP contribution in [0.25, 0.3) is 0 Å². The Balaban J connectivity index is 2.20. The summed E-state index contributed by atoms with van der Waals surface area (Å²) in [5.74, 6) is -1.33. The van der Waals surface area contributed by atoms with Gasteiger partial charge in [-0.25, -0.2) is 4.39 Å². The Morgan fingerprint density at radius 2 is 2.26 bits per heavy atom. The van der Waals surface area contributed by atoms with E-state index < -0.39 is 5.97 Å². The molecule has 3 atom stereocenters. The van der Waals surface area contributed by atoms with Crippen LogP contribution >= 0.6 is 15.9 Å². The summed E-state index contributed by atoms with van der Waals surface area (Å²) in [5, 5.41) is 9.16. The number of carbonyl (C=O) groups is 1. The summed E-state index contributed by atoms with van der Waals surface area (Å²) in [6, 6.07) is 4.69. The van der Waals surface area contributed by atoms with Gasteiger partial charge in [0.2, 0.25) is 0 Å². The Morgan fingerprint density at radius 1 is 1.58 bits per heavy atom. The lowest BCUT2D eigenvalue weighted by Gasteiger charge is -2.30. The third kappa shape index (κ3) is 2.82. The molecule has 0 aromatic heterocycles. The number of carboxylic acids is 1. The standard InChI is InChI=1S/C14H17BrFNO2/c1-8(11-4-3-10(16)7-13(11)15)17-6-5-12(9(17)2)14(18)19/h3-4,7-9,12H,5-6H2,1-2H3,(H,18,19). The second kappa shape index (κ2) is 5.59. The predicted molar refractivity (Wildman–Crippen MR) is 74.4 cm³/mol. The maximum Gasteiger partial charge on any atom is 0.308 e. The average Bonchev–Trinajstić information content (AvgIpc) is 2.70. The molecule has 1 fully saturated rings. The van der Waals surface area contributed by atoms with Crippen LogP contribution in [0.2, 0.25) is 0 Å². The minimum absolute atomic E-state index is 0.00977. The molecule has 1 aliphatic heterocycles. The number of benzene rings is 1. The van der Waals surface area contributed by atoms with Gasteiger partial charge in [-0.15, -0.1) is 0 Å². The third-order valence-corrected chi connectivity index (χ3v) is 4.72. The van der Waals surface area contributed by atoms with Crippen LogP contribution in [-0.2, 0) is 4.79 Å². The average molecular weight is 330 g/mol. The fourth-order valence-corrected chi connectivity index (χ4v) is 3.54. The molecule has 3 nitrogen and oxygen atoms in total. The van der Waals surface area contributed by atoms with Crippen LogP contribution in [0.4, 0.5) is 4.39 Å². The highest BCUT2D eigenvalue weighted by molar-refractivity contribution is 9.10. The molecule has 1 N–H and O–H groups in total. The van der Waals surface area contributed by atoms with Gasteiger partial charge in [0.15, 0.2) is 0 Å². The third-order valence-electron chi connectivity index (χ3n) is 4.03. The molecule has 1 saturated heterocycles. The van der Waals surface area contributed by atoms with Crippen molar-refractivity contribution in [1.29, 1.82) is 0 Å². The van der Waals surface area contributed by atoms with Gasteiger partial charge in [0.05, 0.1) is 5.92 Å². The van der Waals surface area contributed by atoms with Crippen LogP contribution in [0.3, 0.4) is 0 Å². The first kappa shape index (κ1) is 14.5. The van der Waals surface area contributed by atoms with Crippen molar-refractivity contribution in [3.8, 4) is 0 Å². The molecule has 0 saturated carbocycles. The Morgan fingerprint density at radius 3 is 2.79 bits per heavy atom.